The van der Waals surface area contributed by atoms with Crippen LogP contribution in [0.2, 0.25) is 0 Å². The monoisotopic (exact) mass is 443 g/mol. The minimum Gasteiger partial charge on any atom is -0.394 e. The lowest BCUT2D eigenvalue weighted by atomic mass is 10.1. The Kier molecular flexibility index (Phi) is 5.50. The number of hydrogen-bond donors (Lipinski definition) is 4. The quantitative estimate of drug-likeness (QED) is 0.369. The second kappa shape index (κ2) is 8.61. The first-order valence-electron chi connectivity index (χ1n) is 10.4. The van der Waals surface area contributed by atoms with E-state index in [0.717, 1.165) is 16.8 Å². The van der Waals surface area contributed by atoms with Gasteiger partial charge in [-0.05, 0) is 29.8 Å². The van der Waals surface area contributed by atoms with E-state index in [9.17, 15) is 15.3 Å². The predicted octanol–water partition coefficient (Wildman–Crippen LogP) is 2.33. The Morgan fingerprint density at radius 3 is 2.45 bits per heavy atom. The molecule has 4 aromatic rings. The molecule has 4 atom stereocenters. The predicted molar refractivity (Wildman–Crippen MR) is 120 cm³/mol. The van der Waals surface area contributed by atoms with E-state index in [2.05, 4.69) is 21.4 Å². The number of benzene rings is 2. The number of aliphatic hydroxyl groups excluding tert-OH is 3. The maximum Gasteiger partial charge on any atom is 0.164 e. The molecule has 0 amide bonds. The summed E-state index contributed by atoms with van der Waals surface area (Å²) in [6.07, 6.45) is -1.10. The number of nitriles is 1. The lowest BCUT2D eigenvalue weighted by Crippen LogP contribution is -2.33. The second-order valence-corrected chi connectivity index (χ2v) is 7.78. The summed E-state index contributed by atoms with van der Waals surface area (Å²) >= 11 is 0. The summed E-state index contributed by atoms with van der Waals surface area (Å²) in [5.41, 5.74) is 3.50. The summed E-state index contributed by atoms with van der Waals surface area (Å²) in [4.78, 5) is 8.89. The molecular formula is C24H21N5O4. The zero-order valence-electron chi connectivity index (χ0n) is 17.4. The van der Waals surface area contributed by atoms with Gasteiger partial charge in [0, 0.05) is 17.4 Å². The van der Waals surface area contributed by atoms with Gasteiger partial charge in [-0.3, -0.25) is 0 Å². The van der Waals surface area contributed by atoms with Crippen LogP contribution in [-0.2, 0) is 4.74 Å². The lowest BCUT2D eigenvalue weighted by Gasteiger charge is -2.17. The summed E-state index contributed by atoms with van der Waals surface area (Å²) in [6, 6.07) is 18.8. The number of nitrogens with one attached hydrogen (secondary N) is 1. The molecule has 2 aromatic heterocycles. The zero-order chi connectivity index (χ0) is 22.9. The van der Waals surface area contributed by atoms with Crippen molar-refractivity contribution in [2.45, 2.75) is 24.5 Å². The molecule has 1 saturated heterocycles. The van der Waals surface area contributed by atoms with E-state index in [-0.39, 0.29) is 0 Å². The van der Waals surface area contributed by atoms with Gasteiger partial charge in [-0.2, -0.15) is 5.26 Å². The third kappa shape index (κ3) is 3.71. The van der Waals surface area contributed by atoms with E-state index in [0.29, 0.717) is 22.4 Å². The molecule has 0 bridgehead atoms. The molecule has 33 heavy (non-hydrogen) atoms. The number of ether oxygens (including phenoxy) is 1. The van der Waals surface area contributed by atoms with Crippen molar-refractivity contribution < 1.29 is 20.1 Å². The first-order chi connectivity index (χ1) is 16.1. The van der Waals surface area contributed by atoms with Crippen LogP contribution in [0.25, 0.3) is 22.2 Å². The molecule has 0 aliphatic carbocycles. The van der Waals surface area contributed by atoms with Gasteiger partial charge in [-0.25, -0.2) is 9.97 Å². The third-order valence-corrected chi connectivity index (χ3v) is 5.76. The van der Waals surface area contributed by atoms with Gasteiger partial charge in [0.25, 0.3) is 0 Å². The number of hydrogen-bond acceptors (Lipinski definition) is 8. The van der Waals surface area contributed by atoms with E-state index in [4.69, 9.17) is 10.00 Å². The fraction of sp³-hybridized carbons (Fsp3) is 0.208. The number of nitrogens with zero attached hydrogens (tertiary/aromatic N) is 4. The molecule has 0 spiro atoms. The van der Waals surface area contributed by atoms with Gasteiger partial charge in [0.05, 0.1) is 23.6 Å². The Labute approximate surface area is 189 Å². The number of fused-ring (bicyclic) bond motifs is 1. The van der Waals surface area contributed by atoms with Crippen LogP contribution in [0.1, 0.15) is 11.8 Å². The van der Waals surface area contributed by atoms with Gasteiger partial charge in [0.15, 0.2) is 6.23 Å². The molecule has 1 aliphatic heterocycles. The first kappa shape index (κ1) is 21.1. The van der Waals surface area contributed by atoms with Crippen molar-refractivity contribution >= 4 is 22.5 Å². The first-order valence-corrected chi connectivity index (χ1v) is 10.4. The second-order valence-electron chi connectivity index (χ2n) is 7.78. The van der Waals surface area contributed by atoms with Crippen LogP contribution in [0.5, 0.6) is 0 Å². The van der Waals surface area contributed by atoms with Crippen LogP contribution >= 0.6 is 0 Å². The fourth-order valence-corrected chi connectivity index (χ4v) is 4.08. The molecule has 166 valence electrons. The molecule has 5 rings (SSSR count). The Hall–Kier alpha value is -3.81. The lowest BCUT2D eigenvalue weighted by molar-refractivity contribution is -0.0508. The van der Waals surface area contributed by atoms with Crippen molar-refractivity contribution in [3.63, 3.8) is 0 Å². The SMILES string of the molecule is N#Cc1ccc(Nc2ncnc3c2c(-c2ccccc2)cn3[C@@H]2O[C@H](CO)[C@H](O)[C@@H]2O)cc1. The number of aliphatic hydroxyl groups is 3. The van der Waals surface area contributed by atoms with Crippen molar-refractivity contribution in [1.82, 2.24) is 14.5 Å². The topological polar surface area (TPSA) is 136 Å². The molecule has 0 unspecified atom stereocenters. The van der Waals surface area contributed by atoms with Crippen LogP contribution in [0, 0.1) is 11.3 Å². The fourth-order valence-electron chi connectivity index (χ4n) is 4.08. The number of aromatic nitrogens is 3. The average Bonchev–Trinajstić information content (AvgIpc) is 3.38. The Bertz CT molecular complexity index is 1320. The van der Waals surface area contributed by atoms with Crippen LogP contribution in [0.15, 0.2) is 67.1 Å². The maximum absolute atomic E-state index is 10.6. The Balaban J connectivity index is 1.66. The molecule has 4 N–H and O–H groups in total. The van der Waals surface area contributed by atoms with Crippen LogP contribution < -0.4 is 5.32 Å². The molecule has 0 radical (unpaired) electrons. The standard InChI is InChI=1S/C24H21N5O4/c25-10-14-6-8-16(9-7-14)28-22-19-17(15-4-2-1-3-5-15)11-29(23(19)27-13-26-22)24-21(32)20(31)18(12-30)33-24/h1-9,11,13,18,20-21,24,30-32H,12H2,(H,26,27,28)/t18-,20+,21+,24-/m1/s1. The maximum atomic E-state index is 10.6. The van der Waals surface area contributed by atoms with E-state index in [1.807, 2.05) is 30.3 Å². The molecule has 1 aliphatic rings. The third-order valence-electron chi connectivity index (χ3n) is 5.76. The number of anilines is 2. The average molecular weight is 443 g/mol. The van der Waals surface area contributed by atoms with Crippen molar-refractivity contribution in [2.75, 3.05) is 11.9 Å². The zero-order valence-corrected chi connectivity index (χ0v) is 17.4. The van der Waals surface area contributed by atoms with Crippen molar-refractivity contribution in [2.24, 2.45) is 0 Å². The summed E-state index contributed by atoms with van der Waals surface area (Å²) in [5.74, 6) is 0.536. The smallest absolute Gasteiger partial charge is 0.164 e. The highest BCUT2D eigenvalue weighted by Crippen LogP contribution is 2.39. The molecular weight excluding hydrogens is 422 g/mol. The van der Waals surface area contributed by atoms with Gasteiger partial charge in [0.1, 0.15) is 36.1 Å². The van der Waals surface area contributed by atoms with E-state index < -0.39 is 31.1 Å². The van der Waals surface area contributed by atoms with Gasteiger partial charge >= 0.3 is 0 Å². The van der Waals surface area contributed by atoms with Gasteiger partial charge in [-0.1, -0.05) is 30.3 Å². The van der Waals surface area contributed by atoms with Crippen LogP contribution in [-0.4, -0.2) is 54.8 Å². The molecule has 1 fully saturated rings. The molecule has 0 saturated carbocycles. The van der Waals surface area contributed by atoms with E-state index >= 15 is 0 Å². The van der Waals surface area contributed by atoms with Gasteiger partial charge in [0.2, 0.25) is 0 Å². The molecule has 9 heteroatoms. The molecule has 9 nitrogen and oxygen atoms in total. The number of rotatable bonds is 5. The van der Waals surface area contributed by atoms with Gasteiger partial charge < -0.3 is 29.9 Å². The van der Waals surface area contributed by atoms with E-state index in [1.165, 1.54) is 6.33 Å². The Morgan fingerprint density at radius 2 is 1.79 bits per heavy atom. The Morgan fingerprint density at radius 1 is 1.03 bits per heavy atom. The van der Waals surface area contributed by atoms with Crippen LogP contribution in [0.3, 0.4) is 0 Å². The normalized spacial score (nSPS) is 22.4. The van der Waals surface area contributed by atoms with E-state index in [1.54, 1.807) is 35.0 Å². The highest BCUT2D eigenvalue weighted by Gasteiger charge is 2.44. The van der Waals surface area contributed by atoms with Crippen molar-refractivity contribution in [3.05, 3.63) is 72.7 Å². The highest BCUT2D eigenvalue weighted by atomic mass is 16.6. The highest BCUT2D eigenvalue weighted by molar-refractivity contribution is 6.02. The minimum absolute atomic E-state index is 0.417. The van der Waals surface area contributed by atoms with Crippen molar-refractivity contribution in [3.8, 4) is 17.2 Å². The molecule has 2 aromatic carbocycles. The largest absolute Gasteiger partial charge is 0.394 e. The van der Waals surface area contributed by atoms with Crippen LogP contribution in [0.4, 0.5) is 11.5 Å². The minimum atomic E-state index is -1.24. The summed E-state index contributed by atoms with van der Waals surface area (Å²) in [7, 11) is 0. The summed E-state index contributed by atoms with van der Waals surface area (Å²) < 4.78 is 7.42. The molecule has 3 heterocycles. The van der Waals surface area contributed by atoms with Crippen molar-refractivity contribution in [1.29, 1.82) is 5.26 Å². The summed E-state index contributed by atoms with van der Waals surface area (Å²) in [5, 5.41) is 43.4. The van der Waals surface area contributed by atoms with Gasteiger partial charge in [-0.15, -0.1) is 0 Å². The summed E-state index contributed by atoms with van der Waals surface area (Å²) in [6.45, 7) is -0.417.